The third-order valence-corrected chi connectivity index (χ3v) is 3.97. The van der Waals surface area contributed by atoms with Crippen LogP contribution in [0.3, 0.4) is 0 Å². The molecule has 1 amide bonds. The minimum absolute atomic E-state index is 0.0312. The number of nitrogens with one attached hydrogen (secondary N) is 1. The van der Waals surface area contributed by atoms with Gasteiger partial charge < -0.3 is 9.88 Å². The molecule has 1 aromatic carbocycles. The van der Waals surface area contributed by atoms with Crippen molar-refractivity contribution in [1.82, 2.24) is 14.9 Å². The van der Waals surface area contributed by atoms with E-state index in [4.69, 9.17) is 11.6 Å². The summed E-state index contributed by atoms with van der Waals surface area (Å²) in [6, 6.07) is 11.4. The SMILES string of the molecule is Cn1cc(CC(=O)NCc2ccccc2Cl)c2cccnc21. The van der Waals surface area contributed by atoms with Crippen molar-refractivity contribution >= 4 is 28.5 Å². The van der Waals surface area contributed by atoms with E-state index in [9.17, 15) is 4.79 Å². The lowest BCUT2D eigenvalue weighted by Crippen LogP contribution is -2.24. The number of halogens is 1. The molecular weight excluding hydrogens is 298 g/mol. The number of benzene rings is 1. The Balaban J connectivity index is 1.70. The second kappa shape index (κ2) is 6.20. The average molecular weight is 314 g/mol. The van der Waals surface area contributed by atoms with E-state index in [1.54, 1.807) is 6.20 Å². The predicted octanol–water partition coefficient (Wildman–Crippen LogP) is 3.09. The van der Waals surface area contributed by atoms with Gasteiger partial charge in [-0.3, -0.25) is 4.79 Å². The van der Waals surface area contributed by atoms with Crippen molar-refractivity contribution in [2.24, 2.45) is 7.05 Å². The monoisotopic (exact) mass is 313 g/mol. The summed E-state index contributed by atoms with van der Waals surface area (Å²) in [6.07, 6.45) is 4.03. The first-order valence-electron chi connectivity index (χ1n) is 7.04. The fraction of sp³-hybridized carbons (Fsp3) is 0.176. The zero-order chi connectivity index (χ0) is 15.5. The molecule has 1 N–H and O–H groups in total. The standard InChI is InChI=1S/C17H16ClN3O/c1-21-11-13(14-6-4-8-19-17(14)21)9-16(22)20-10-12-5-2-3-7-15(12)18/h2-8,11H,9-10H2,1H3,(H,20,22). The largest absolute Gasteiger partial charge is 0.352 e. The molecule has 3 aromatic rings. The molecule has 0 radical (unpaired) electrons. The number of hydrogen-bond acceptors (Lipinski definition) is 2. The number of aromatic nitrogens is 2. The third-order valence-electron chi connectivity index (χ3n) is 3.60. The molecular formula is C17H16ClN3O. The van der Waals surface area contributed by atoms with Crippen molar-refractivity contribution in [2.45, 2.75) is 13.0 Å². The summed E-state index contributed by atoms with van der Waals surface area (Å²) in [5, 5.41) is 4.59. The van der Waals surface area contributed by atoms with Crippen LogP contribution >= 0.6 is 11.6 Å². The number of nitrogens with zero attached hydrogens (tertiary/aromatic N) is 2. The number of carbonyl (C=O) groups excluding carboxylic acids is 1. The normalized spacial score (nSPS) is 10.8. The lowest BCUT2D eigenvalue weighted by molar-refractivity contribution is -0.120. The van der Waals surface area contributed by atoms with Crippen LogP contribution < -0.4 is 5.32 Å². The first kappa shape index (κ1) is 14.6. The minimum Gasteiger partial charge on any atom is -0.352 e. The van der Waals surface area contributed by atoms with Crippen LogP contribution in [0.4, 0.5) is 0 Å². The van der Waals surface area contributed by atoms with Crippen molar-refractivity contribution < 1.29 is 4.79 Å². The van der Waals surface area contributed by atoms with Crippen LogP contribution in [0.25, 0.3) is 11.0 Å². The Bertz CT molecular complexity index is 826. The van der Waals surface area contributed by atoms with Crippen LogP contribution in [-0.2, 0) is 24.8 Å². The van der Waals surface area contributed by atoms with Gasteiger partial charge >= 0.3 is 0 Å². The van der Waals surface area contributed by atoms with E-state index < -0.39 is 0 Å². The van der Waals surface area contributed by atoms with Crippen molar-refractivity contribution in [2.75, 3.05) is 0 Å². The number of aryl methyl sites for hydroxylation is 1. The fourth-order valence-electron chi connectivity index (χ4n) is 2.51. The smallest absolute Gasteiger partial charge is 0.224 e. The van der Waals surface area contributed by atoms with Gasteiger partial charge in [-0.1, -0.05) is 29.8 Å². The summed E-state index contributed by atoms with van der Waals surface area (Å²) in [4.78, 5) is 16.5. The van der Waals surface area contributed by atoms with Crippen LogP contribution in [0.15, 0.2) is 48.8 Å². The molecule has 2 aromatic heterocycles. The van der Waals surface area contributed by atoms with Crippen molar-refractivity contribution in [3.63, 3.8) is 0 Å². The highest BCUT2D eigenvalue weighted by Gasteiger charge is 2.11. The molecule has 4 nitrogen and oxygen atoms in total. The highest BCUT2D eigenvalue weighted by Crippen LogP contribution is 2.19. The van der Waals surface area contributed by atoms with Gasteiger partial charge in [0, 0.05) is 36.4 Å². The molecule has 0 saturated heterocycles. The van der Waals surface area contributed by atoms with E-state index in [1.165, 1.54) is 0 Å². The Morgan fingerprint density at radius 3 is 2.86 bits per heavy atom. The summed E-state index contributed by atoms with van der Waals surface area (Å²) in [7, 11) is 1.93. The number of carbonyl (C=O) groups is 1. The zero-order valence-electron chi connectivity index (χ0n) is 12.2. The number of pyridine rings is 1. The van der Waals surface area contributed by atoms with Gasteiger partial charge in [0.2, 0.25) is 5.91 Å². The van der Waals surface area contributed by atoms with Crippen LogP contribution in [0, 0.1) is 0 Å². The van der Waals surface area contributed by atoms with Crippen molar-refractivity contribution in [3.05, 3.63) is 64.9 Å². The molecule has 2 heterocycles. The lowest BCUT2D eigenvalue weighted by Gasteiger charge is -2.06. The van der Waals surface area contributed by atoms with Gasteiger partial charge in [-0.2, -0.15) is 0 Å². The Kier molecular flexibility index (Phi) is 4.11. The van der Waals surface area contributed by atoms with E-state index in [2.05, 4.69) is 10.3 Å². The molecule has 0 aliphatic heterocycles. The van der Waals surface area contributed by atoms with E-state index >= 15 is 0 Å². The van der Waals surface area contributed by atoms with Crippen molar-refractivity contribution in [1.29, 1.82) is 0 Å². The lowest BCUT2D eigenvalue weighted by atomic mass is 10.1. The van der Waals surface area contributed by atoms with E-state index in [0.717, 1.165) is 22.2 Å². The molecule has 0 aliphatic carbocycles. The van der Waals surface area contributed by atoms with Crippen molar-refractivity contribution in [3.8, 4) is 0 Å². The Morgan fingerprint density at radius 2 is 2.05 bits per heavy atom. The van der Waals surface area contributed by atoms with Gasteiger partial charge in [0.15, 0.2) is 0 Å². The van der Waals surface area contributed by atoms with Gasteiger partial charge in [0.25, 0.3) is 0 Å². The summed E-state index contributed by atoms with van der Waals surface area (Å²) in [6.45, 7) is 0.432. The fourth-order valence-corrected chi connectivity index (χ4v) is 2.71. The Morgan fingerprint density at radius 1 is 1.23 bits per heavy atom. The molecule has 0 saturated carbocycles. The molecule has 0 bridgehead atoms. The number of fused-ring (bicyclic) bond motifs is 1. The molecule has 5 heteroatoms. The van der Waals surface area contributed by atoms with Gasteiger partial charge in [-0.05, 0) is 29.3 Å². The maximum absolute atomic E-state index is 12.2. The molecule has 22 heavy (non-hydrogen) atoms. The third kappa shape index (κ3) is 2.97. The Hall–Kier alpha value is -2.33. The summed E-state index contributed by atoms with van der Waals surface area (Å²) < 4.78 is 1.94. The molecule has 0 fully saturated rings. The molecule has 0 unspecified atom stereocenters. The highest BCUT2D eigenvalue weighted by atomic mass is 35.5. The molecule has 0 atom stereocenters. The second-order valence-electron chi connectivity index (χ2n) is 5.18. The zero-order valence-corrected chi connectivity index (χ0v) is 13.0. The first-order chi connectivity index (χ1) is 10.6. The van der Waals surface area contributed by atoms with Crippen LogP contribution in [0.1, 0.15) is 11.1 Å². The van der Waals surface area contributed by atoms with E-state index in [1.807, 2.05) is 54.2 Å². The molecule has 0 spiro atoms. The summed E-state index contributed by atoms with van der Waals surface area (Å²) in [5.74, 6) is -0.0312. The highest BCUT2D eigenvalue weighted by molar-refractivity contribution is 6.31. The molecule has 112 valence electrons. The van der Waals surface area contributed by atoms with Gasteiger partial charge in [0.05, 0.1) is 6.42 Å². The number of rotatable bonds is 4. The number of hydrogen-bond donors (Lipinski definition) is 1. The number of amides is 1. The van der Waals surface area contributed by atoms with Crippen LogP contribution in [0.2, 0.25) is 5.02 Å². The van der Waals surface area contributed by atoms with E-state index in [-0.39, 0.29) is 5.91 Å². The maximum Gasteiger partial charge on any atom is 0.224 e. The predicted molar refractivity (Wildman–Crippen MR) is 87.7 cm³/mol. The Labute approximate surface area is 133 Å². The van der Waals surface area contributed by atoms with Gasteiger partial charge in [-0.15, -0.1) is 0 Å². The summed E-state index contributed by atoms with van der Waals surface area (Å²) in [5.41, 5.74) is 2.77. The topological polar surface area (TPSA) is 46.9 Å². The van der Waals surface area contributed by atoms with Gasteiger partial charge in [0.1, 0.15) is 5.65 Å². The maximum atomic E-state index is 12.2. The minimum atomic E-state index is -0.0312. The summed E-state index contributed by atoms with van der Waals surface area (Å²) >= 11 is 6.09. The molecule has 3 rings (SSSR count). The first-order valence-corrected chi connectivity index (χ1v) is 7.42. The van der Waals surface area contributed by atoms with Crippen LogP contribution in [0.5, 0.6) is 0 Å². The molecule has 0 aliphatic rings. The quantitative estimate of drug-likeness (QED) is 0.804. The van der Waals surface area contributed by atoms with Crippen LogP contribution in [-0.4, -0.2) is 15.5 Å². The average Bonchev–Trinajstić information content (AvgIpc) is 2.83. The van der Waals surface area contributed by atoms with Gasteiger partial charge in [-0.25, -0.2) is 4.98 Å². The van der Waals surface area contributed by atoms with E-state index in [0.29, 0.717) is 18.0 Å². The second-order valence-corrected chi connectivity index (χ2v) is 5.59.